The molecule has 0 fully saturated rings. The highest BCUT2D eigenvalue weighted by molar-refractivity contribution is 5.62. The minimum atomic E-state index is 0.739. The molecule has 0 saturated heterocycles. The zero-order chi connectivity index (χ0) is 14.1. The van der Waals surface area contributed by atoms with Gasteiger partial charge >= 0.3 is 0 Å². The summed E-state index contributed by atoms with van der Waals surface area (Å²) in [4.78, 5) is 2.27. The van der Waals surface area contributed by atoms with Crippen LogP contribution in [0.5, 0.6) is 0 Å². The third-order valence-electron chi connectivity index (χ3n) is 3.86. The van der Waals surface area contributed by atoms with Crippen molar-refractivity contribution in [1.29, 1.82) is 5.26 Å². The topological polar surface area (TPSA) is 53.0 Å². The molecule has 0 aromatic heterocycles. The molecule has 3 heteroatoms. The maximum Gasteiger partial charge on any atom is 0.101 e. The van der Waals surface area contributed by atoms with E-state index >= 15 is 0 Å². The molecular weight excluding hydrogens is 246 g/mol. The quantitative estimate of drug-likeness (QED) is 0.805. The maximum absolute atomic E-state index is 9.28. The van der Waals surface area contributed by atoms with E-state index in [1.807, 2.05) is 24.3 Å². The van der Waals surface area contributed by atoms with E-state index in [-0.39, 0.29) is 0 Å². The minimum absolute atomic E-state index is 0.739. The molecular formula is C17H17N3. The number of nitrogen functional groups attached to an aromatic ring is 1. The predicted molar refractivity (Wildman–Crippen MR) is 81.5 cm³/mol. The van der Waals surface area contributed by atoms with Gasteiger partial charge in [0, 0.05) is 18.8 Å². The average molecular weight is 263 g/mol. The Labute approximate surface area is 119 Å². The fourth-order valence-electron chi connectivity index (χ4n) is 2.78. The van der Waals surface area contributed by atoms with Crippen molar-refractivity contribution >= 4 is 11.4 Å². The Morgan fingerprint density at radius 3 is 2.80 bits per heavy atom. The molecule has 1 heterocycles. The second-order valence-electron chi connectivity index (χ2n) is 5.33. The van der Waals surface area contributed by atoms with Crippen molar-refractivity contribution in [2.45, 2.75) is 19.9 Å². The van der Waals surface area contributed by atoms with Gasteiger partial charge in [0.2, 0.25) is 0 Å². The third-order valence-corrected chi connectivity index (χ3v) is 3.86. The van der Waals surface area contributed by atoms with E-state index in [9.17, 15) is 5.26 Å². The average Bonchev–Trinajstić information content (AvgIpc) is 2.46. The number of hydrogen-bond donors (Lipinski definition) is 1. The highest BCUT2D eigenvalue weighted by Gasteiger charge is 2.19. The molecule has 0 bridgehead atoms. The number of anilines is 2. The Morgan fingerprint density at radius 1 is 1.15 bits per heavy atom. The van der Waals surface area contributed by atoms with Crippen molar-refractivity contribution in [3.05, 3.63) is 58.7 Å². The zero-order valence-electron chi connectivity index (χ0n) is 11.6. The van der Waals surface area contributed by atoms with Crippen LogP contribution >= 0.6 is 0 Å². The second kappa shape index (κ2) is 4.90. The highest BCUT2D eigenvalue weighted by atomic mass is 15.1. The second-order valence-corrected chi connectivity index (χ2v) is 5.33. The van der Waals surface area contributed by atoms with Crippen LogP contribution in [-0.4, -0.2) is 6.54 Å². The Morgan fingerprint density at radius 2 is 2.00 bits per heavy atom. The standard InChI is InChI=1S/C17H17N3/c1-12-2-3-14(10-18)17(8-12)20-7-6-13-4-5-16(19)9-15(13)11-20/h2-5,8-9H,6-7,11,19H2,1H3. The lowest BCUT2D eigenvalue weighted by Gasteiger charge is -2.31. The number of benzene rings is 2. The number of hydrogen-bond acceptors (Lipinski definition) is 3. The van der Waals surface area contributed by atoms with Gasteiger partial charge in [0.1, 0.15) is 6.07 Å². The SMILES string of the molecule is Cc1ccc(C#N)c(N2CCc3ccc(N)cc3C2)c1. The Kier molecular flexibility index (Phi) is 3.08. The molecule has 0 aliphatic carbocycles. The van der Waals surface area contributed by atoms with Crippen LogP contribution in [0.25, 0.3) is 0 Å². The van der Waals surface area contributed by atoms with E-state index in [2.05, 4.69) is 30.0 Å². The van der Waals surface area contributed by atoms with Crippen LogP contribution in [0.1, 0.15) is 22.3 Å². The smallest absolute Gasteiger partial charge is 0.101 e. The number of nitrogens with zero attached hydrogens (tertiary/aromatic N) is 2. The summed E-state index contributed by atoms with van der Waals surface area (Å²) in [5.41, 5.74) is 12.2. The van der Waals surface area contributed by atoms with Crippen LogP contribution in [0.3, 0.4) is 0 Å². The molecule has 0 amide bonds. The molecule has 0 spiro atoms. The van der Waals surface area contributed by atoms with E-state index < -0.39 is 0 Å². The first-order chi connectivity index (χ1) is 9.67. The van der Waals surface area contributed by atoms with Gasteiger partial charge in [0.05, 0.1) is 11.3 Å². The van der Waals surface area contributed by atoms with Gasteiger partial charge in [-0.1, -0.05) is 12.1 Å². The Bertz CT molecular complexity index is 698. The Hall–Kier alpha value is -2.47. The minimum Gasteiger partial charge on any atom is -0.399 e. The lowest BCUT2D eigenvalue weighted by molar-refractivity contribution is 0.731. The fraction of sp³-hybridized carbons (Fsp3) is 0.235. The molecule has 1 aliphatic rings. The predicted octanol–water partition coefficient (Wildman–Crippen LogP) is 3.01. The van der Waals surface area contributed by atoms with Gasteiger partial charge in [0.25, 0.3) is 0 Å². The third kappa shape index (κ3) is 2.21. The summed E-state index contributed by atoms with van der Waals surface area (Å²) in [6, 6.07) is 14.4. The van der Waals surface area contributed by atoms with Crippen molar-refractivity contribution < 1.29 is 0 Å². The Balaban J connectivity index is 1.98. The summed E-state index contributed by atoms with van der Waals surface area (Å²) in [6.07, 6.45) is 0.994. The highest BCUT2D eigenvalue weighted by Crippen LogP contribution is 2.28. The van der Waals surface area contributed by atoms with Gasteiger partial charge in [0.15, 0.2) is 0 Å². The summed E-state index contributed by atoms with van der Waals surface area (Å²) >= 11 is 0. The van der Waals surface area contributed by atoms with Crippen LogP contribution in [0, 0.1) is 18.3 Å². The molecule has 20 heavy (non-hydrogen) atoms. The summed E-state index contributed by atoms with van der Waals surface area (Å²) in [7, 11) is 0. The number of rotatable bonds is 1. The van der Waals surface area contributed by atoms with Crippen molar-refractivity contribution in [2.24, 2.45) is 0 Å². The van der Waals surface area contributed by atoms with Crippen molar-refractivity contribution in [3.8, 4) is 6.07 Å². The summed E-state index contributed by atoms with van der Waals surface area (Å²) in [6.45, 7) is 3.81. The number of nitriles is 1. The monoisotopic (exact) mass is 263 g/mol. The van der Waals surface area contributed by atoms with Gasteiger partial charge in [-0.2, -0.15) is 5.26 Å². The molecule has 0 atom stereocenters. The molecule has 100 valence electrons. The van der Waals surface area contributed by atoms with Crippen molar-refractivity contribution in [1.82, 2.24) is 0 Å². The van der Waals surface area contributed by atoms with E-state index in [1.54, 1.807) is 0 Å². The van der Waals surface area contributed by atoms with Gasteiger partial charge < -0.3 is 10.6 Å². The van der Waals surface area contributed by atoms with Gasteiger partial charge in [-0.05, 0) is 54.3 Å². The number of fused-ring (bicyclic) bond motifs is 1. The van der Waals surface area contributed by atoms with Crippen LogP contribution in [0.4, 0.5) is 11.4 Å². The molecule has 3 nitrogen and oxygen atoms in total. The van der Waals surface area contributed by atoms with Gasteiger partial charge in [-0.25, -0.2) is 0 Å². The molecule has 2 aromatic rings. The van der Waals surface area contributed by atoms with Crippen LogP contribution in [-0.2, 0) is 13.0 Å². The van der Waals surface area contributed by atoms with Crippen molar-refractivity contribution in [3.63, 3.8) is 0 Å². The molecule has 0 saturated carbocycles. The van der Waals surface area contributed by atoms with Crippen molar-refractivity contribution in [2.75, 3.05) is 17.2 Å². The normalized spacial score (nSPS) is 13.7. The largest absolute Gasteiger partial charge is 0.399 e. The van der Waals surface area contributed by atoms with E-state index in [0.717, 1.165) is 36.4 Å². The first-order valence-electron chi connectivity index (χ1n) is 6.80. The molecule has 2 aromatic carbocycles. The lowest BCUT2D eigenvalue weighted by atomic mass is 9.97. The number of nitrogens with two attached hydrogens (primary N) is 1. The van der Waals surface area contributed by atoms with E-state index in [1.165, 1.54) is 16.7 Å². The summed E-state index contributed by atoms with van der Waals surface area (Å²) in [5, 5.41) is 9.28. The van der Waals surface area contributed by atoms with E-state index in [4.69, 9.17) is 5.73 Å². The van der Waals surface area contributed by atoms with Crippen LogP contribution < -0.4 is 10.6 Å². The fourth-order valence-corrected chi connectivity index (χ4v) is 2.78. The number of aryl methyl sites for hydroxylation is 1. The summed E-state index contributed by atoms with van der Waals surface area (Å²) in [5.74, 6) is 0. The van der Waals surface area contributed by atoms with Gasteiger partial charge in [-0.15, -0.1) is 0 Å². The first kappa shape index (κ1) is 12.6. The van der Waals surface area contributed by atoms with Gasteiger partial charge in [-0.3, -0.25) is 0 Å². The van der Waals surface area contributed by atoms with Crippen LogP contribution in [0.2, 0.25) is 0 Å². The maximum atomic E-state index is 9.28. The lowest BCUT2D eigenvalue weighted by Crippen LogP contribution is -2.31. The zero-order valence-corrected chi connectivity index (χ0v) is 11.6. The molecule has 1 aliphatic heterocycles. The molecule has 0 unspecified atom stereocenters. The van der Waals surface area contributed by atoms with Crippen LogP contribution in [0.15, 0.2) is 36.4 Å². The first-order valence-corrected chi connectivity index (χ1v) is 6.80. The summed E-state index contributed by atoms with van der Waals surface area (Å²) < 4.78 is 0. The molecule has 0 radical (unpaired) electrons. The molecule has 3 rings (SSSR count). The van der Waals surface area contributed by atoms with E-state index in [0.29, 0.717) is 0 Å². The molecule has 2 N–H and O–H groups in total.